The molecule has 0 atom stereocenters. The van der Waals surface area contributed by atoms with Crippen LogP contribution in [-0.4, -0.2) is 17.0 Å². The van der Waals surface area contributed by atoms with Crippen LogP contribution in [0.1, 0.15) is 42.7 Å². The molecule has 164 valence electrons. The number of nitriles is 1. The number of nitrogens with zero attached hydrogens (tertiary/aromatic N) is 1. The second-order valence-electron chi connectivity index (χ2n) is 8.59. The van der Waals surface area contributed by atoms with Crippen LogP contribution < -0.4 is 10.1 Å². The van der Waals surface area contributed by atoms with Crippen LogP contribution in [-0.2, 0) is 11.0 Å². The lowest BCUT2D eigenvalue weighted by molar-refractivity contribution is -0.137. The van der Waals surface area contributed by atoms with E-state index in [0.717, 1.165) is 41.4 Å². The fourth-order valence-electron chi connectivity index (χ4n) is 4.10. The molecule has 0 bridgehead atoms. The summed E-state index contributed by atoms with van der Waals surface area (Å²) >= 11 is 0. The quantitative estimate of drug-likeness (QED) is 0.531. The molecule has 1 aromatic heterocycles. The Balaban J connectivity index is 1.23. The number of aromatic amines is 1. The van der Waals surface area contributed by atoms with Gasteiger partial charge >= 0.3 is 6.18 Å². The zero-order chi connectivity index (χ0) is 22.5. The third kappa shape index (κ3) is 3.68. The molecule has 2 N–H and O–H groups in total. The number of alkyl halides is 3. The van der Waals surface area contributed by atoms with Gasteiger partial charge in [0.15, 0.2) is 0 Å². The Morgan fingerprint density at radius 1 is 1.16 bits per heavy atom. The predicted molar refractivity (Wildman–Crippen MR) is 112 cm³/mol. The van der Waals surface area contributed by atoms with Crippen molar-refractivity contribution in [2.75, 3.05) is 5.32 Å². The first-order valence-electron chi connectivity index (χ1n) is 10.5. The van der Waals surface area contributed by atoms with E-state index in [1.54, 1.807) is 18.3 Å². The van der Waals surface area contributed by atoms with E-state index in [-0.39, 0.29) is 17.9 Å². The number of amides is 1. The van der Waals surface area contributed by atoms with Gasteiger partial charge in [0.2, 0.25) is 5.91 Å². The van der Waals surface area contributed by atoms with Crippen LogP contribution in [0.2, 0.25) is 0 Å². The summed E-state index contributed by atoms with van der Waals surface area (Å²) in [6, 6.07) is 13.0. The van der Waals surface area contributed by atoms with Crippen molar-refractivity contribution in [2.45, 2.75) is 43.9 Å². The van der Waals surface area contributed by atoms with Crippen LogP contribution in [0.4, 0.5) is 18.9 Å². The zero-order valence-corrected chi connectivity index (χ0v) is 17.0. The van der Waals surface area contributed by atoms with Crippen molar-refractivity contribution >= 4 is 22.5 Å². The molecular weight excluding hydrogens is 419 g/mol. The van der Waals surface area contributed by atoms with Crippen molar-refractivity contribution in [3.05, 3.63) is 59.8 Å². The summed E-state index contributed by atoms with van der Waals surface area (Å²) in [6.45, 7) is 0. The Hall–Kier alpha value is -3.47. The minimum atomic E-state index is -4.33. The molecule has 1 heterocycles. The van der Waals surface area contributed by atoms with E-state index in [1.807, 2.05) is 18.2 Å². The Bertz CT molecular complexity index is 1210. The molecule has 5 nitrogen and oxygen atoms in total. The average Bonchev–Trinajstić information content (AvgIpc) is 3.46. The van der Waals surface area contributed by atoms with Gasteiger partial charge in [-0.3, -0.25) is 4.79 Å². The zero-order valence-electron chi connectivity index (χ0n) is 17.0. The van der Waals surface area contributed by atoms with E-state index in [2.05, 4.69) is 16.4 Å². The molecule has 5 rings (SSSR count). The number of rotatable bonds is 5. The Morgan fingerprint density at radius 2 is 1.88 bits per heavy atom. The molecule has 2 aliphatic rings. The van der Waals surface area contributed by atoms with Gasteiger partial charge in [-0.15, -0.1) is 0 Å². The molecule has 32 heavy (non-hydrogen) atoms. The summed E-state index contributed by atoms with van der Waals surface area (Å²) in [6.07, 6.45) is -0.0430. The molecular formula is C24H20F3N3O2. The molecule has 8 heteroatoms. The van der Waals surface area contributed by atoms with Crippen LogP contribution in [0.5, 0.6) is 5.75 Å². The maximum Gasteiger partial charge on any atom is 0.416 e. The van der Waals surface area contributed by atoms with Crippen LogP contribution in [0.25, 0.3) is 10.9 Å². The topological polar surface area (TPSA) is 77.9 Å². The number of hydrogen-bond acceptors (Lipinski definition) is 3. The molecule has 2 saturated carbocycles. The molecule has 1 amide bonds. The smallest absolute Gasteiger partial charge is 0.416 e. The number of fused-ring (bicyclic) bond motifs is 1. The molecule has 3 aromatic rings. The molecule has 0 aliphatic heterocycles. The Kier molecular flexibility index (Phi) is 4.66. The fourth-order valence-corrected chi connectivity index (χ4v) is 4.10. The number of carbonyl (C=O) groups is 1. The highest BCUT2D eigenvalue weighted by molar-refractivity contribution is 6.05. The first-order valence-corrected chi connectivity index (χ1v) is 10.5. The van der Waals surface area contributed by atoms with Crippen molar-refractivity contribution < 1.29 is 22.7 Å². The van der Waals surface area contributed by atoms with Gasteiger partial charge in [0.05, 0.1) is 23.4 Å². The molecule has 0 saturated heterocycles. The van der Waals surface area contributed by atoms with Crippen molar-refractivity contribution in [1.29, 1.82) is 5.26 Å². The number of nitrogens with one attached hydrogen (secondary N) is 2. The second-order valence-corrected chi connectivity index (χ2v) is 8.59. The van der Waals surface area contributed by atoms with Crippen molar-refractivity contribution in [2.24, 2.45) is 5.41 Å². The minimum Gasteiger partial charge on any atom is -0.490 e. The van der Waals surface area contributed by atoms with E-state index in [4.69, 9.17) is 4.74 Å². The molecule has 2 aromatic carbocycles. The molecule has 0 radical (unpaired) electrons. The second kappa shape index (κ2) is 7.30. The van der Waals surface area contributed by atoms with Crippen molar-refractivity contribution in [3.8, 4) is 11.8 Å². The number of carbonyl (C=O) groups excluding carboxylic acids is 1. The number of anilines is 1. The summed E-state index contributed by atoms with van der Waals surface area (Å²) in [5, 5.41) is 12.8. The highest BCUT2D eigenvalue weighted by atomic mass is 19.4. The van der Waals surface area contributed by atoms with Gasteiger partial charge in [-0.25, -0.2) is 0 Å². The van der Waals surface area contributed by atoms with E-state index >= 15 is 0 Å². The third-order valence-electron chi connectivity index (χ3n) is 6.41. The number of ether oxygens (including phenoxy) is 1. The number of hydrogen-bond donors (Lipinski definition) is 2. The average molecular weight is 439 g/mol. The van der Waals surface area contributed by atoms with Crippen LogP contribution in [0, 0.1) is 16.7 Å². The van der Waals surface area contributed by atoms with E-state index in [1.165, 1.54) is 0 Å². The number of H-pyrrole nitrogens is 1. The van der Waals surface area contributed by atoms with Gasteiger partial charge in [-0.05, 0) is 67.5 Å². The highest BCUT2D eigenvalue weighted by Crippen LogP contribution is 2.46. The first kappa shape index (κ1) is 20.4. The molecule has 2 fully saturated rings. The standard InChI is InChI=1S/C24H20F3N3O2/c25-24(26,27)16-3-1-14(2-4-16)15-9-18(10-15)32-17-5-6-20-19(11-17)21(12-29-20)30-22(31)23(13-28)7-8-23/h1-6,11-12,15,18,29H,7-10H2,(H,30,31)/t15-,18-. The summed E-state index contributed by atoms with van der Waals surface area (Å²) in [7, 11) is 0. The molecule has 2 aliphatic carbocycles. The van der Waals surface area contributed by atoms with Crippen LogP contribution in [0.3, 0.4) is 0 Å². The lowest BCUT2D eigenvalue weighted by Crippen LogP contribution is -2.32. The van der Waals surface area contributed by atoms with Gasteiger partial charge in [0, 0.05) is 17.1 Å². The Morgan fingerprint density at radius 3 is 2.50 bits per heavy atom. The lowest BCUT2D eigenvalue weighted by atomic mass is 9.77. The third-order valence-corrected chi connectivity index (χ3v) is 6.41. The van der Waals surface area contributed by atoms with Gasteiger partial charge < -0.3 is 15.0 Å². The SMILES string of the molecule is N#CC1(C(=O)Nc2c[nH]c3ccc(O[C@H]4C[C@H](c5ccc(C(F)(F)F)cc5)C4)cc23)CC1. The number of benzene rings is 2. The number of halogens is 3. The normalized spacial score (nSPS) is 21.4. The van der Waals surface area contributed by atoms with E-state index in [0.29, 0.717) is 24.3 Å². The Labute approximate surface area is 182 Å². The van der Waals surface area contributed by atoms with Crippen LogP contribution in [0.15, 0.2) is 48.7 Å². The van der Waals surface area contributed by atoms with E-state index < -0.39 is 17.2 Å². The van der Waals surface area contributed by atoms with Gasteiger partial charge in [0.25, 0.3) is 0 Å². The van der Waals surface area contributed by atoms with Gasteiger partial charge in [-0.1, -0.05) is 12.1 Å². The van der Waals surface area contributed by atoms with Gasteiger partial charge in [0.1, 0.15) is 11.2 Å². The molecule has 0 unspecified atom stereocenters. The lowest BCUT2D eigenvalue weighted by Gasteiger charge is -2.35. The summed E-state index contributed by atoms with van der Waals surface area (Å²) in [5.74, 6) is 0.546. The minimum absolute atomic E-state index is 0.0231. The van der Waals surface area contributed by atoms with E-state index in [9.17, 15) is 23.2 Å². The van der Waals surface area contributed by atoms with Crippen molar-refractivity contribution in [1.82, 2.24) is 4.98 Å². The predicted octanol–water partition coefficient (Wildman–Crippen LogP) is 5.75. The largest absolute Gasteiger partial charge is 0.490 e. The first-order chi connectivity index (χ1) is 15.3. The summed E-state index contributed by atoms with van der Waals surface area (Å²) in [4.78, 5) is 15.5. The summed E-state index contributed by atoms with van der Waals surface area (Å²) in [5.41, 5.74) is 0.782. The summed E-state index contributed by atoms with van der Waals surface area (Å²) < 4.78 is 44.2. The molecule has 0 spiro atoms. The van der Waals surface area contributed by atoms with Crippen LogP contribution >= 0.6 is 0 Å². The fraction of sp³-hybridized carbons (Fsp3) is 0.333. The van der Waals surface area contributed by atoms with Crippen molar-refractivity contribution in [3.63, 3.8) is 0 Å². The van der Waals surface area contributed by atoms with Gasteiger partial charge in [-0.2, -0.15) is 18.4 Å². The number of aromatic nitrogens is 1. The maximum atomic E-state index is 12.7. The highest BCUT2D eigenvalue weighted by Gasteiger charge is 2.50. The monoisotopic (exact) mass is 439 g/mol. The maximum absolute atomic E-state index is 12.7.